The van der Waals surface area contributed by atoms with Crippen LogP contribution in [0, 0.1) is 5.92 Å². The minimum absolute atomic E-state index is 0.111. The highest BCUT2D eigenvalue weighted by Gasteiger charge is 2.38. The van der Waals surface area contributed by atoms with Gasteiger partial charge in [0.2, 0.25) is 10.0 Å². The number of sulfonamides is 1. The molecule has 0 aromatic heterocycles. The van der Waals surface area contributed by atoms with E-state index in [1.54, 1.807) is 0 Å². The Morgan fingerprint density at radius 2 is 2.05 bits per heavy atom. The van der Waals surface area contributed by atoms with Crippen molar-refractivity contribution in [3.63, 3.8) is 0 Å². The normalized spacial score (nSPS) is 26.8. The van der Waals surface area contributed by atoms with Crippen molar-refractivity contribution < 1.29 is 8.42 Å². The van der Waals surface area contributed by atoms with Gasteiger partial charge in [-0.15, -0.1) is 11.6 Å². The van der Waals surface area contributed by atoms with Gasteiger partial charge < -0.3 is 0 Å². The lowest BCUT2D eigenvalue weighted by Gasteiger charge is -2.39. The molecule has 0 saturated heterocycles. The maximum Gasteiger partial charge on any atom is 0.241 e. The topological polar surface area (TPSA) is 46.2 Å². The molecule has 1 aliphatic rings. The fourth-order valence-corrected chi connectivity index (χ4v) is 5.11. The van der Waals surface area contributed by atoms with Crippen LogP contribution in [-0.2, 0) is 10.0 Å². The van der Waals surface area contributed by atoms with Crippen molar-refractivity contribution in [1.82, 2.24) is 4.72 Å². The number of benzene rings is 1. The van der Waals surface area contributed by atoms with Crippen molar-refractivity contribution in [2.45, 2.75) is 43.0 Å². The minimum Gasteiger partial charge on any atom is -0.207 e. The van der Waals surface area contributed by atoms with Gasteiger partial charge in [0.05, 0.1) is 14.9 Å². The highest BCUT2D eigenvalue weighted by molar-refractivity contribution is 7.89. The Balaban J connectivity index is 2.28. The monoisotopic (exact) mass is 369 g/mol. The Bertz CT molecular complexity index is 621. The van der Waals surface area contributed by atoms with Gasteiger partial charge in [0.25, 0.3) is 0 Å². The zero-order valence-corrected chi connectivity index (χ0v) is 14.8. The lowest BCUT2D eigenvalue weighted by atomic mass is 9.78. The fraction of sp³-hybridized carbons (Fsp3) is 0.571. The molecular weight excluding hydrogens is 353 g/mol. The maximum absolute atomic E-state index is 12.6. The molecule has 0 heterocycles. The molecule has 21 heavy (non-hydrogen) atoms. The lowest BCUT2D eigenvalue weighted by molar-refractivity contribution is 0.239. The summed E-state index contributed by atoms with van der Waals surface area (Å²) in [4.78, 5) is 0.111. The van der Waals surface area contributed by atoms with Crippen LogP contribution in [0.15, 0.2) is 23.1 Å². The van der Waals surface area contributed by atoms with Gasteiger partial charge in [-0.25, -0.2) is 13.1 Å². The second-order valence-corrected chi connectivity index (χ2v) is 8.56. The molecule has 2 rings (SSSR count). The molecular formula is C14H18Cl3NO2S. The van der Waals surface area contributed by atoms with Crippen LogP contribution in [0.4, 0.5) is 0 Å². The number of hydrogen-bond acceptors (Lipinski definition) is 2. The van der Waals surface area contributed by atoms with Gasteiger partial charge in [-0.2, -0.15) is 0 Å². The highest BCUT2D eigenvalue weighted by atomic mass is 35.5. The lowest BCUT2D eigenvalue weighted by Crippen LogP contribution is -2.52. The van der Waals surface area contributed by atoms with Crippen molar-refractivity contribution >= 4 is 44.8 Å². The standard InChI is InChI=1S/C14H18Cl3NO2S/c1-10-3-2-6-14(8-10,9-15)18-21(19,20)11-4-5-12(16)13(17)7-11/h4-5,7,10,18H,2-3,6,8-9H2,1H3. The zero-order valence-electron chi connectivity index (χ0n) is 11.7. The molecule has 3 nitrogen and oxygen atoms in total. The highest BCUT2D eigenvalue weighted by Crippen LogP contribution is 2.35. The molecule has 0 radical (unpaired) electrons. The van der Waals surface area contributed by atoms with Crippen LogP contribution < -0.4 is 4.72 Å². The summed E-state index contributed by atoms with van der Waals surface area (Å²) in [7, 11) is -3.67. The zero-order chi connectivity index (χ0) is 15.7. The van der Waals surface area contributed by atoms with Crippen molar-refractivity contribution in [3.05, 3.63) is 28.2 Å². The van der Waals surface area contributed by atoms with Gasteiger partial charge in [0.15, 0.2) is 0 Å². The Morgan fingerprint density at radius 1 is 1.33 bits per heavy atom. The molecule has 118 valence electrons. The molecule has 0 spiro atoms. The summed E-state index contributed by atoms with van der Waals surface area (Å²) < 4.78 is 27.9. The van der Waals surface area contributed by atoms with Crippen LogP contribution in [0.5, 0.6) is 0 Å². The molecule has 0 amide bonds. The molecule has 1 N–H and O–H groups in total. The van der Waals surface area contributed by atoms with Gasteiger partial charge in [-0.05, 0) is 37.0 Å². The van der Waals surface area contributed by atoms with Crippen LogP contribution in [0.25, 0.3) is 0 Å². The van der Waals surface area contributed by atoms with E-state index in [-0.39, 0.29) is 15.8 Å². The van der Waals surface area contributed by atoms with Gasteiger partial charge in [-0.3, -0.25) is 0 Å². The van der Waals surface area contributed by atoms with Crippen LogP contribution in [-0.4, -0.2) is 19.8 Å². The Labute approximate surface area is 141 Å². The molecule has 0 aliphatic heterocycles. The summed E-state index contributed by atoms with van der Waals surface area (Å²) in [5.41, 5.74) is -0.579. The van der Waals surface area contributed by atoms with E-state index in [2.05, 4.69) is 11.6 Å². The smallest absolute Gasteiger partial charge is 0.207 e. The average Bonchev–Trinajstić information content (AvgIpc) is 2.41. The molecule has 2 atom stereocenters. The van der Waals surface area contributed by atoms with E-state index in [9.17, 15) is 8.42 Å². The summed E-state index contributed by atoms with van der Waals surface area (Å²) >= 11 is 17.8. The van der Waals surface area contributed by atoms with Crippen LogP contribution in [0.3, 0.4) is 0 Å². The SMILES string of the molecule is CC1CCCC(CCl)(NS(=O)(=O)c2ccc(Cl)c(Cl)c2)C1. The van der Waals surface area contributed by atoms with E-state index in [0.717, 1.165) is 25.7 Å². The number of halogens is 3. The Morgan fingerprint density at radius 3 is 2.62 bits per heavy atom. The summed E-state index contributed by atoms with van der Waals surface area (Å²) in [6.07, 6.45) is 3.57. The average molecular weight is 371 g/mol. The Kier molecular flexibility index (Phi) is 5.48. The second-order valence-electron chi connectivity index (χ2n) is 5.80. The third-order valence-corrected chi connectivity index (χ3v) is 6.73. The first-order valence-corrected chi connectivity index (χ1v) is 9.60. The molecule has 1 aromatic carbocycles. The second kappa shape index (κ2) is 6.63. The number of hydrogen-bond donors (Lipinski definition) is 1. The summed E-state index contributed by atoms with van der Waals surface area (Å²) in [5.74, 6) is 0.715. The van der Waals surface area contributed by atoms with Crippen LogP contribution in [0.1, 0.15) is 32.6 Å². The molecule has 1 saturated carbocycles. The third-order valence-electron chi connectivity index (χ3n) is 3.90. The van der Waals surface area contributed by atoms with E-state index in [1.165, 1.54) is 18.2 Å². The maximum atomic E-state index is 12.6. The van der Waals surface area contributed by atoms with E-state index >= 15 is 0 Å². The van der Waals surface area contributed by atoms with Crippen LogP contribution in [0.2, 0.25) is 10.0 Å². The third kappa shape index (κ3) is 4.05. The molecule has 1 aromatic rings. The van der Waals surface area contributed by atoms with E-state index in [4.69, 9.17) is 34.8 Å². The van der Waals surface area contributed by atoms with Crippen molar-refractivity contribution in [2.24, 2.45) is 5.92 Å². The summed E-state index contributed by atoms with van der Waals surface area (Å²) in [6, 6.07) is 4.29. The molecule has 7 heteroatoms. The van der Waals surface area contributed by atoms with Gasteiger partial charge in [0, 0.05) is 11.4 Å². The Hall–Kier alpha value is -0.000000000000000111. The predicted molar refractivity (Wildman–Crippen MR) is 87.9 cm³/mol. The molecule has 2 unspecified atom stereocenters. The predicted octanol–water partition coefficient (Wildman–Crippen LogP) is 4.46. The molecule has 0 bridgehead atoms. The summed E-state index contributed by atoms with van der Waals surface area (Å²) in [6.45, 7) is 2.12. The number of nitrogens with one attached hydrogen (secondary N) is 1. The van der Waals surface area contributed by atoms with Crippen LogP contribution >= 0.6 is 34.8 Å². The number of alkyl halides is 1. The van der Waals surface area contributed by atoms with Gasteiger partial charge in [-0.1, -0.05) is 43.0 Å². The largest absolute Gasteiger partial charge is 0.241 e. The number of rotatable bonds is 4. The first-order chi connectivity index (χ1) is 9.78. The summed E-state index contributed by atoms with van der Waals surface area (Å²) in [5, 5.41) is 0.547. The molecule has 1 fully saturated rings. The van der Waals surface area contributed by atoms with Crippen molar-refractivity contribution in [3.8, 4) is 0 Å². The van der Waals surface area contributed by atoms with E-state index in [0.29, 0.717) is 10.9 Å². The first-order valence-electron chi connectivity index (χ1n) is 6.83. The van der Waals surface area contributed by atoms with Gasteiger partial charge in [0.1, 0.15) is 0 Å². The van der Waals surface area contributed by atoms with Gasteiger partial charge >= 0.3 is 0 Å². The van der Waals surface area contributed by atoms with E-state index in [1.807, 2.05) is 0 Å². The first kappa shape index (κ1) is 17.4. The molecule has 1 aliphatic carbocycles. The minimum atomic E-state index is -3.67. The van der Waals surface area contributed by atoms with Crippen molar-refractivity contribution in [1.29, 1.82) is 0 Å². The fourth-order valence-electron chi connectivity index (χ4n) is 2.89. The quantitative estimate of drug-likeness (QED) is 0.795. The van der Waals surface area contributed by atoms with E-state index < -0.39 is 15.6 Å². The van der Waals surface area contributed by atoms with Crippen molar-refractivity contribution in [2.75, 3.05) is 5.88 Å².